The maximum atomic E-state index is 3.30. The summed E-state index contributed by atoms with van der Waals surface area (Å²) < 4.78 is 0. The van der Waals surface area contributed by atoms with Crippen molar-refractivity contribution < 1.29 is 0 Å². The lowest BCUT2D eigenvalue weighted by atomic mass is 10.1. The van der Waals surface area contributed by atoms with Crippen LogP contribution in [0.1, 0.15) is 30.5 Å². The Labute approximate surface area is 110 Å². The predicted octanol–water partition coefficient (Wildman–Crippen LogP) is 3.95. The van der Waals surface area contributed by atoms with Crippen molar-refractivity contribution in [1.29, 1.82) is 0 Å². The molecule has 1 rings (SSSR count). The first kappa shape index (κ1) is 14.6. The Morgan fingerprint density at radius 1 is 1.12 bits per heavy atom. The molecule has 0 saturated carbocycles. The molecule has 0 aliphatic heterocycles. The van der Waals surface area contributed by atoms with Crippen LogP contribution in [0.15, 0.2) is 17.0 Å². The van der Waals surface area contributed by atoms with E-state index < -0.39 is 0 Å². The van der Waals surface area contributed by atoms with Crippen molar-refractivity contribution in [3.05, 3.63) is 28.8 Å². The summed E-state index contributed by atoms with van der Waals surface area (Å²) in [5, 5.41) is 3.94. The van der Waals surface area contributed by atoms with Gasteiger partial charge in [0.2, 0.25) is 0 Å². The second kappa shape index (κ2) is 6.46. The average Bonchev–Trinajstić information content (AvgIpc) is 2.21. The molecule has 17 heavy (non-hydrogen) atoms. The minimum atomic E-state index is 0.639. The largest absolute Gasteiger partial charge is 0.319 e. The first-order chi connectivity index (χ1) is 7.95. The van der Waals surface area contributed by atoms with E-state index in [0.717, 1.165) is 6.54 Å². The van der Waals surface area contributed by atoms with E-state index in [4.69, 9.17) is 0 Å². The summed E-state index contributed by atoms with van der Waals surface area (Å²) in [7, 11) is 2.03. The summed E-state index contributed by atoms with van der Waals surface area (Å²) >= 11 is 2.02. The van der Waals surface area contributed by atoms with Gasteiger partial charge in [-0.1, -0.05) is 31.5 Å². The van der Waals surface area contributed by atoms with Gasteiger partial charge in [-0.25, -0.2) is 0 Å². The summed E-state index contributed by atoms with van der Waals surface area (Å²) in [5.74, 6) is 0.688. The van der Waals surface area contributed by atoms with Gasteiger partial charge in [0.15, 0.2) is 0 Å². The maximum absolute atomic E-state index is 3.30. The SMILES string of the molecule is CNCC(Sc1c(C)cc(C)cc1C)C(C)C. The fraction of sp³-hybridized carbons (Fsp3) is 0.600. The highest BCUT2D eigenvalue weighted by molar-refractivity contribution is 8.00. The molecule has 0 saturated heterocycles. The van der Waals surface area contributed by atoms with Crippen LogP contribution in [0.4, 0.5) is 0 Å². The summed E-state index contributed by atoms with van der Waals surface area (Å²) in [4.78, 5) is 1.46. The van der Waals surface area contributed by atoms with Gasteiger partial charge in [-0.2, -0.15) is 0 Å². The van der Waals surface area contributed by atoms with E-state index in [1.165, 1.54) is 21.6 Å². The van der Waals surface area contributed by atoms with Crippen molar-refractivity contribution in [2.75, 3.05) is 13.6 Å². The van der Waals surface area contributed by atoms with Gasteiger partial charge in [-0.05, 0) is 44.9 Å². The molecule has 1 aromatic carbocycles. The number of rotatable bonds is 5. The van der Waals surface area contributed by atoms with Crippen LogP contribution >= 0.6 is 11.8 Å². The van der Waals surface area contributed by atoms with Gasteiger partial charge in [0.05, 0.1) is 0 Å². The van der Waals surface area contributed by atoms with Crippen molar-refractivity contribution >= 4 is 11.8 Å². The van der Waals surface area contributed by atoms with E-state index in [9.17, 15) is 0 Å². The molecule has 1 unspecified atom stereocenters. The third kappa shape index (κ3) is 4.04. The lowest BCUT2D eigenvalue weighted by molar-refractivity contribution is 0.578. The van der Waals surface area contributed by atoms with Crippen LogP contribution in [0.2, 0.25) is 0 Å². The Balaban J connectivity index is 2.93. The van der Waals surface area contributed by atoms with Crippen LogP contribution in [0.5, 0.6) is 0 Å². The smallest absolute Gasteiger partial charge is 0.0242 e. The number of hydrogen-bond donors (Lipinski definition) is 1. The number of aryl methyl sites for hydroxylation is 3. The topological polar surface area (TPSA) is 12.0 Å². The first-order valence-electron chi connectivity index (χ1n) is 6.34. The molecular formula is C15H25NS. The molecule has 0 aliphatic rings. The molecule has 0 heterocycles. The van der Waals surface area contributed by atoms with E-state index in [1.807, 2.05) is 18.8 Å². The monoisotopic (exact) mass is 251 g/mol. The van der Waals surface area contributed by atoms with Crippen LogP contribution in [0.25, 0.3) is 0 Å². The zero-order valence-corrected chi connectivity index (χ0v) is 12.7. The molecule has 1 atom stereocenters. The Morgan fingerprint density at radius 3 is 2.06 bits per heavy atom. The second-order valence-corrected chi connectivity index (χ2v) is 6.44. The minimum absolute atomic E-state index is 0.639. The van der Waals surface area contributed by atoms with Gasteiger partial charge in [0, 0.05) is 16.7 Å². The van der Waals surface area contributed by atoms with Crippen molar-refractivity contribution in [2.24, 2.45) is 5.92 Å². The number of nitrogens with one attached hydrogen (secondary N) is 1. The summed E-state index contributed by atoms with van der Waals surface area (Å²) in [6, 6.07) is 4.57. The molecule has 2 heteroatoms. The van der Waals surface area contributed by atoms with Crippen LogP contribution in [-0.4, -0.2) is 18.8 Å². The summed E-state index contributed by atoms with van der Waals surface area (Å²) in [6.45, 7) is 12.3. The molecule has 0 spiro atoms. The summed E-state index contributed by atoms with van der Waals surface area (Å²) in [6.07, 6.45) is 0. The molecule has 0 bridgehead atoms. The van der Waals surface area contributed by atoms with E-state index in [-0.39, 0.29) is 0 Å². The summed E-state index contributed by atoms with van der Waals surface area (Å²) in [5.41, 5.74) is 4.18. The third-order valence-corrected chi connectivity index (χ3v) is 4.92. The zero-order valence-electron chi connectivity index (χ0n) is 11.9. The van der Waals surface area contributed by atoms with E-state index >= 15 is 0 Å². The highest BCUT2D eigenvalue weighted by Gasteiger charge is 2.16. The van der Waals surface area contributed by atoms with Gasteiger partial charge >= 0.3 is 0 Å². The number of thioether (sulfide) groups is 1. The molecule has 1 aromatic rings. The molecule has 0 fully saturated rings. The molecule has 1 N–H and O–H groups in total. The fourth-order valence-electron chi connectivity index (χ4n) is 2.12. The Morgan fingerprint density at radius 2 is 1.65 bits per heavy atom. The van der Waals surface area contributed by atoms with Crippen molar-refractivity contribution in [1.82, 2.24) is 5.32 Å². The average molecular weight is 251 g/mol. The van der Waals surface area contributed by atoms with Crippen molar-refractivity contribution in [2.45, 2.75) is 44.8 Å². The normalized spacial score (nSPS) is 13.1. The number of benzene rings is 1. The van der Waals surface area contributed by atoms with Crippen LogP contribution in [-0.2, 0) is 0 Å². The van der Waals surface area contributed by atoms with Crippen molar-refractivity contribution in [3.63, 3.8) is 0 Å². The fourth-order valence-corrected chi connectivity index (χ4v) is 3.43. The predicted molar refractivity (Wildman–Crippen MR) is 79.1 cm³/mol. The van der Waals surface area contributed by atoms with Gasteiger partial charge < -0.3 is 5.32 Å². The highest BCUT2D eigenvalue weighted by atomic mass is 32.2. The second-order valence-electron chi connectivity index (χ2n) is 5.19. The number of hydrogen-bond acceptors (Lipinski definition) is 2. The van der Waals surface area contributed by atoms with E-state index in [1.54, 1.807) is 0 Å². The third-order valence-electron chi connectivity index (χ3n) is 3.02. The van der Waals surface area contributed by atoms with Gasteiger partial charge in [-0.15, -0.1) is 11.8 Å². The Hall–Kier alpha value is -0.470. The Kier molecular flexibility index (Phi) is 5.54. The van der Waals surface area contributed by atoms with Crippen LogP contribution in [0.3, 0.4) is 0 Å². The Bertz CT molecular complexity index is 348. The first-order valence-corrected chi connectivity index (χ1v) is 7.22. The van der Waals surface area contributed by atoms with E-state index in [2.05, 4.69) is 52.1 Å². The molecule has 0 aromatic heterocycles. The molecule has 96 valence electrons. The lowest BCUT2D eigenvalue weighted by Crippen LogP contribution is -2.25. The van der Waals surface area contributed by atoms with Gasteiger partial charge in [0.25, 0.3) is 0 Å². The van der Waals surface area contributed by atoms with Crippen LogP contribution in [0, 0.1) is 26.7 Å². The molecule has 0 amide bonds. The quantitative estimate of drug-likeness (QED) is 0.795. The molecule has 0 radical (unpaired) electrons. The zero-order chi connectivity index (χ0) is 13.0. The highest BCUT2D eigenvalue weighted by Crippen LogP contribution is 2.33. The maximum Gasteiger partial charge on any atom is 0.0242 e. The van der Waals surface area contributed by atoms with Crippen molar-refractivity contribution in [3.8, 4) is 0 Å². The van der Waals surface area contributed by atoms with E-state index in [0.29, 0.717) is 11.2 Å². The molecular weight excluding hydrogens is 226 g/mol. The molecule has 0 aliphatic carbocycles. The van der Waals surface area contributed by atoms with Gasteiger partial charge in [-0.3, -0.25) is 0 Å². The lowest BCUT2D eigenvalue weighted by Gasteiger charge is -2.22. The molecule has 1 nitrogen and oxygen atoms in total. The standard InChI is InChI=1S/C15H25NS/c1-10(2)14(9-16-6)17-15-12(4)7-11(3)8-13(15)5/h7-8,10,14,16H,9H2,1-6H3. The van der Waals surface area contributed by atoms with Gasteiger partial charge in [0.1, 0.15) is 0 Å². The minimum Gasteiger partial charge on any atom is -0.319 e. The van der Waals surface area contributed by atoms with Crippen LogP contribution < -0.4 is 5.32 Å².